The monoisotopic (exact) mass is 787 g/mol. The molecule has 1 aromatic rings. The number of halogens is 2. The van der Waals surface area contributed by atoms with Crippen LogP contribution in [0.3, 0.4) is 0 Å². The van der Waals surface area contributed by atoms with Crippen LogP contribution in [0, 0.1) is 28.6 Å². The van der Waals surface area contributed by atoms with Crippen molar-refractivity contribution in [2.45, 2.75) is 76.9 Å². The van der Waals surface area contributed by atoms with Crippen molar-refractivity contribution >= 4 is 54.2 Å². The Morgan fingerprint density at radius 1 is 1.08 bits per heavy atom. The summed E-state index contributed by atoms with van der Waals surface area (Å²) < 4.78 is 14.0. The van der Waals surface area contributed by atoms with Crippen molar-refractivity contribution < 1.29 is 108 Å². The summed E-state index contributed by atoms with van der Waals surface area (Å²) in [5.41, 5.74) is 0.321. The SMILES string of the molecule is C[C@]12C=CC(=O)C=C1CC[C@@H]1[C@@H]2[C@@H](O)C[C@@]2(C)[C@H]1CC[C@]2(O)C(=O)COC(=O)CCCc1ccc(N(CCCl)CCCl)cc1.O=P([O-])([O-])O.[Na+].[Na+]. The van der Waals surface area contributed by atoms with E-state index in [1.807, 2.05) is 37.3 Å². The molecule has 4 aliphatic carbocycles. The number of benzene rings is 1. The summed E-state index contributed by atoms with van der Waals surface area (Å²) in [5.74, 6) is 0.166. The number of ether oxygens (including phenoxy) is 1. The zero-order chi connectivity index (χ0) is 36.2. The van der Waals surface area contributed by atoms with Crippen LogP contribution in [0.2, 0.25) is 0 Å². The molecule has 0 heterocycles. The van der Waals surface area contributed by atoms with E-state index in [0.717, 1.165) is 29.7 Å². The van der Waals surface area contributed by atoms with E-state index in [4.69, 9.17) is 47.2 Å². The van der Waals surface area contributed by atoms with E-state index < -0.39 is 48.7 Å². The minimum atomic E-state index is -5.14. The fourth-order valence-corrected chi connectivity index (χ4v) is 9.42. The van der Waals surface area contributed by atoms with Gasteiger partial charge in [-0.15, -0.1) is 23.2 Å². The van der Waals surface area contributed by atoms with E-state index in [-0.39, 0.29) is 102 Å². The molecule has 4 aliphatic rings. The second-order valence-corrected chi connectivity index (χ2v) is 15.7. The summed E-state index contributed by atoms with van der Waals surface area (Å²) in [6.45, 7) is 4.99. The van der Waals surface area contributed by atoms with Gasteiger partial charge in [-0.25, -0.2) is 0 Å². The van der Waals surface area contributed by atoms with Gasteiger partial charge in [0.25, 0.3) is 0 Å². The summed E-state index contributed by atoms with van der Waals surface area (Å²) in [6, 6.07) is 8.12. The summed E-state index contributed by atoms with van der Waals surface area (Å²) >= 11 is 11.8. The number of fused-ring (bicyclic) bond motifs is 5. The molecule has 272 valence electrons. The molecule has 3 fully saturated rings. The Morgan fingerprint density at radius 3 is 2.27 bits per heavy atom. The number of nitrogens with zero attached hydrogens (tertiary/aromatic N) is 1. The number of rotatable bonds is 12. The number of esters is 1. The first kappa shape index (κ1) is 47.1. The van der Waals surface area contributed by atoms with Crippen molar-refractivity contribution in [3.8, 4) is 0 Å². The molecule has 11 nitrogen and oxygen atoms in total. The van der Waals surface area contributed by atoms with Gasteiger partial charge in [-0.05, 0) is 86.6 Å². The van der Waals surface area contributed by atoms with Crippen molar-refractivity contribution in [3.63, 3.8) is 0 Å². The molecule has 3 saturated carbocycles. The number of aryl methyl sites for hydroxylation is 1. The summed E-state index contributed by atoms with van der Waals surface area (Å²) in [4.78, 5) is 64.6. The van der Waals surface area contributed by atoms with Crippen LogP contribution >= 0.6 is 31.0 Å². The first-order chi connectivity index (χ1) is 23.0. The maximum absolute atomic E-state index is 13.5. The molecular formula is C35H46Cl2NNa2O10P. The molecule has 16 heteroatoms. The number of hydrogen-bond donors (Lipinski definition) is 3. The Kier molecular flexibility index (Phi) is 18.2. The zero-order valence-electron chi connectivity index (χ0n) is 29.9. The van der Waals surface area contributed by atoms with Crippen LogP contribution in [0.1, 0.15) is 64.4 Å². The molecule has 3 N–H and O–H groups in total. The van der Waals surface area contributed by atoms with Crippen molar-refractivity contribution in [3.05, 3.63) is 53.6 Å². The predicted octanol–water partition coefficient (Wildman–Crippen LogP) is -2.77. The number of carbonyl (C=O) groups is 3. The maximum atomic E-state index is 13.5. The Labute approximate surface area is 354 Å². The third-order valence-corrected chi connectivity index (χ3v) is 11.7. The number of hydrogen-bond acceptors (Lipinski definition) is 10. The second-order valence-electron chi connectivity index (χ2n) is 14.0. The minimum Gasteiger partial charge on any atom is -0.790 e. The molecule has 0 spiro atoms. The summed E-state index contributed by atoms with van der Waals surface area (Å²) in [7, 11) is -5.14. The average Bonchev–Trinajstić information content (AvgIpc) is 3.30. The third-order valence-electron chi connectivity index (χ3n) is 11.3. The predicted molar refractivity (Wildman–Crippen MR) is 182 cm³/mol. The third kappa shape index (κ3) is 11.0. The van der Waals surface area contributed by atoms with Gasteiger partial charge < -0.3 is 39.1 Å². The van der Waals surface area contributed by atoms with Crippen LogP contribution in [0.4, 0.5) is 5.69 Å². The number of alkyl halides is 2. The van der Waals surface area contributed by atoms with Gasteiger partial charge >= 0.3 is 65.1 Å². The van der Waals surface area contributed by atoms with Gasteiger partial charge in [0.05, 0.1) is 13.9 Å². The van der Waals surface area contributed by atoms with Crippen molar-refractivity contribution in [1.29, 1.82) is 0 Å². The summed E-state index contributed by atoms with van der Waals surface area (Å²) in [5, 5.41) is 23.4. The van der Waals surface area contributed by atoms with Crippen molar-refractivity contribution in [1.82, 2.24) is 0 Å². The number of allylic oxidation sites excluding steroid dienone is 4. The Bertz CT molecular complexity index is 1480. The van der Waals surface area contributed by atoms with Gasteiger partial charge in [0.1, 0.15) is 5.60 Å². The fourth-order valence-electron chi connectivity index (χ4n) is 9.01. The van der Waals surface area contributed by atoms with E-state index in [0.29, 0.717) is 44.1 Å². The van der Waals surface area contributed by atoms with Crippen LogP contribution in [0.25, 0.3) is 0 Å². The van der Waals surface area contributed by atoms with Gasteiger partial charge in [0.2, 0.25) is 5.78 Å². The van der Waals surface area contributed by atoms with E-state index in [2.05, 4.69) is 11.8 Å². The topological polar surface area (TPSA) is 188 Å². The minimum absolute atomic E-state index is 0. The van der Waals surface area contributed by atoms with Gasteiger partial charge in [-0.1, -0.05) is 37.6 Å². The van der Waals surface area contributed by atoms with E-state index >= 15 is 0 Å². The van der Waals surface area contributed by atoms with Crippen LogP contribution < -0.4 is 73.8 Å². The van der Waals surface area contributed by atoms with Gasteiger partial charge in [-0.3, -0.25) is 14.4 Å². The Hall–Kier alpha value is -0.0800. The summed E-state index contributed by atoms with van der Waals surface area (Å²) in [6.07, 6.45) is 8.81. The second kappa shape index (κ2) is 19.7. The number of Topliss-reactive ketones (excluding diaryl/α,β-unsaturated/α-hetero) is 1. The van der Waals surface area contributed by atoms with Crippen LogP contribution in [0.5, 0.6) is 0 Å². The average molecular weight is 789 g/mol. The molecular weight excluding hydrogens is 742 g/mol. The molecule has 0 aromatic heterocycles. The van der Waals surface area contributed by atoms with Crippen LogP contribution in [-0.4, -0.2) is 75.8 Å². The fraction of sp³-hybridized carbons (Fsp3) is 0.629. The van der Waals surface area contributed by atoms with Crippen molar-refractivity contribution in [2.75, 3.05) is 36.4 Å². The standard InChI is InChI=1S/C35H45Cl2NO6.2Na.H3O4P/c1-33-14-12-26(39)20-24(33)8-11-27-28-13-15-35(43,34(28,2)21-29(40)32(27)33)30(41)22-44-31(42)5-3-4-23-6-9-25(10-7-23)38(18-16-36)19-17-37;;;1-5(2,3)4/h6-7,9-10,12,14,20,27-29,32,40,43H,3-5,8,11,13,15-19,21-22H2,1-2H3;;;(H3,1,2,3,4)/q;2*+1;/p-2/t27-,28-,29-,32+,33-,34-,35-;;;/m0.../s1. The number of aliphatic hydroxyl groups excluding tert-OH is 1. The maximum Gasteiger partial charge on any atom is 1.00 e. The van der Waals surface area contributed by atoms with Crippen LogP contribution in [0.15, 0.2) is 48.1 Å². The smallest absolute Gasteiger partial charge is 0.790 e. The number of anilines is 1. The number of ketones is 2. The number of aliphatic hydroxyl groups is 2. The van der Waals surface area contributed by atoms with E-state index in [1.54, 1.807) is 12.2 Å². The Morgan fingerprint density at radius 2 is 1.69 bits per heavy atom. The van der Waals surface area contributed by atoms with E-state index in [1.165, 1.54) is 0 Å². The van der Waals surface area contributed by atoms with Crippen molar-refractivity contribution in [2.24, 2.45) is 28.6 Å². The molecule has 0 unspecified atom stereocenters. The molecule has 0 aliphatic heterocycles. The van der Waals surface area contributed by atoms with Gasteiger partial charge in [0.15, 0.2) is 12.4 Å². The zero-order valence-corrected chi connectivity index (χ0v) is 36.3. The molecule has 0 radical (unpaired) electrons. The molecule has 0 bridgehead atoms. The number of phosphoric acid groups is 1. The molecule has 5 rings (SSSR count). The first-order valence-electron chi connectivity index (χ1n) is 16.7. The molecule has 0 saturated heterocycles. The van der Waals surface area contributed by atoms with Gasteiger partial charge in [0, 0.05) is 53.7 Å². The molecule has 1 aromatic carbocycles. The first-order valence-corrected chi connectivity index (χ1v) is 19.3. The van der Waals surface area contributed by atoms with Gasteiger partial charge in [-0.2, -0.15) is 0 Å². The van der Waals surface area contributed by atoms with Crippen LogP contribution in [-0.2, 0) is 30.1 Å². The molecule has 51 heavy (non-hydrogen) atoms. The normalized spacial score (nSPS) is 30.5. The molecule has 7 atom stereocenters. The number of carbonyl (C=O) groups excluding carboxylic acids is 3. The largest absolute Gasteiger partial charge is 1.00 e. The Balaban J connectivity index is 0.00000120. The molecule has 0 amide bonds. The van der Waals surface area contributed by atoms with E-state index in [9.17, 15) is 24.6 Å². The quantitative estimate of drug-likeness (QED) is 0.0862.